The van der Waals surface area contributed by atoms with Gasteiger partial charge < -0.3 is 28.6 Å². The predicted molar refractivity (Wildman–Crippen MR) is 136 cm³/mol. The van der Waals surface area contributed by atoms with Gasteiger partial charge in [-0.3, -0.25) is 9.59 Å². The predicted octanol–water partition coefficient (Wildman–Crippen LogP) is 3.85. The molecule has 0 spiro atoms. The number of aryl methyl sites for hydroxylation is 1. The van der Waals surface area contributed by atoms with E-state index in [9.17, 15) is 9.59 Å². The number of benzene rings is 2. The lowest BCUT2D eigenvalue weighted by molar-refractivity contribution is -0.133. The number of hydrogen-bond donors (Lipinski definition) is 0. The molecule has 0 atom stereocenters. The first kappa shape index (κ1) is 25.3. The number of fused-ring (bicyclic) bond motifs is 1. The molecule has 0 radical (unpaired) electrons. The van der Waals surface area contributed by atoms with E-state index in [1.165, 1.54) is 0 Å². The monoisotopic (exact) mass is 491 g/mol. The second-order valence-electron chi connectivity index (χ2n) is 8.69. The third-order valence-electron chi connectivity index (χ3n) is 6.13. The molecule has 2 aromatic carbocycles. The number of amides is 2. The number of ether oxygens (including phenoxy) is 3. The van der Waals surface area contributed by atoms with Crippen LogP contribution in [0.3, 0.4) is 0 Å². The largest absolute Gasteiger partial charge is 0.454 e. The van der Waals surface area contributed by atoms with Crippen molar-refractivity contribution >= 4 is 11.8 Å². The number of carbonyl (C=O) groups is 2. The molecule has 0 saturated carbocycles. The molecule has 2 amide bonds. The van der Waals surface area contributed by atoms with Crippen LogP contribution >= 0.6 is 0 Å². The van der Waals surface area contributed by atoms with Gasteiger partial charge in [-0.05, 0) is 49.2 Å². The Morgan fingerprint density at radius 1 is 0.972 bits per heavy atom. The summed E-state index contributed by atoms with van der Waals surface area (Å²) < 4.78 is 18.3. The quantitative estimate of drug-likeness (QED) is 0.360. The SMILES string of the molecule is CCOCCCN(CC(=O)N(Cc1ccccc1)Cc1cccn1C)C(=O)c1ccc2c(c1)OCO2. The molecular weight excluding hydrogens is 458 g/mol. The third-order valence-corrected chi connectivity index (χ3v) is 6.13. The Bertz CT molecular complexity index is 1160. The van der Waals surface area contributed by atoms with Crippen molar-refractivity contribution in [3.63, 3.8) is 0 Å². The zero-order chi connectivity index (χ0) is 25.3. The van der Waals surface area contributed by atoms with Crippen LogP contribution in [0.1, 0.15) is 35.0 Å². The fourth-order valence-corrected chi connectivity index (χ4v) is 4.12. The maximum absolute atomic E-state index is 13.7. The summed E-state index contributed by atoms with van der Waals surface area (Å²) in [6.07, 6.45) is 2.59. The minimum absolute atomic E-state index is 0.0311. The summed E-state index contributed by atoms with van der Waals surface area (Å²) in [7, 11) is 1.96. The molecule has 0 aliphatic carbocycles. The Balaban J connectivity index is 1.53. The molecule has 8 heteroatoms. The smallest absolute Gasteiger partial charge is 0.254 e. The normalized spacial score (nSPS) is 11.9. The van der Waals surface area contributed by atoms with Gasteiger partial charge in [0.05, 0.1) is 6.54 Å². The minimum Gasteiger partial charge on any atom is -0.454 e. The van der Waals surface area contributed by atoms with Crippen molar-refractivity contribution in [2.45, 2.75) is 26.4 Å². The Labute approximate surface area is 212 Å². The molecule has 0 saturated heterocycles. The Hall–Kier alpha value is -3.78. The van der Waals surface area contributed by atoms with E-state index in [0.29, 0.717) is 56.3 Å². The average molecular weight is 492 g/mol. The van der Waals surface area contributed by atoms with Crippen LogP contribution in [0, 0.1) is 0 Å². The number of nitrogens with zero attached hydrogens (tertiary/aromatic N) is 3. The highest BCUT2D eigenvalue weighted by atomic mass is 16.7. The number of hydrogen-bond acceptors (Lipinski definition) is 5. The molecule has 8 nitrogen and oxygen atoms in total. The van der Waals surface area contributed by atoms with Crippen molar-refractivity contribution in [2.24, 2.45) is 7.05 Å². The lowest BCUT2D eigenvalue weighted by Crippen LogP contribution is -2.43. The zero-order valence-electron chi connectivity index (χ0n) is 20.9. The molecule has 0 fully saturated rings. The van der Waals surface area contributed by atoms with Gasteiger partial charge in [0.1, 0.15) is 6.54 Å². The van der Waals surface area contributed by atoms with Crippen molar-refractivity contribution in [2.75, 3.05) is 33.1 Å². The maximum Gasteiger partial charge on any atom is 0.254 e. The summed E-state index contributed by atoms with van der Waals surface area (Å²) in [5.41, 5.74) is 2.51. The summed E-state index contributed by atoms with van der Waals surface area (Å²) in [5.74, 6) is 0.806. The van der Waals surface area contributed by atoms with E-state index < -0.39 is 0 Å². The number of rotatable bonds is 12. The molecule has 36 heavy (non-hydrogen) atoms. The van der Waals surface area contributed by atoms with Crippen LogP contribution in [0.2, 0.25) is 0 Å². The molecule has 0 N–H and O–H groups in total. The van der Waals surface area contributed by atoms with Crippen LogP contribution in [-0.4, -0.2) is 59.3 Å². The second kappa shape index (κ2) is 12.3. The Morgan fingerprint density at radius 2 is 1.78 bits per heavy atom. The van der Waals surface area contributed by atoms with Gasteiger partial charge in [-0.15, -0.1) is 0 Å². The van der Waals surface area contributed by atoms with Gasteiger partial charge in [-0.1, -0.05) is 30.3 Å². The van der Waals surface area contributed by atoms with Crippen molar-refractivity contribution in [3.8, 4) is 11.5 Å². The van der Waals surface area contributed by atoms with Crippen LogP contribution in [0.25, 0.3) is 0 Å². The Kier molecular flexibility index (Phi) is 8.62. The van der Waals surface area contributed by atoms with E-state index in [0.717, 1.165) is 11.3 Å². The molecule has 190 valence electrons. The van der Waals surface area contributed by atoms with E-state index in [2.05, 4.69) is 0 Å². The fraction of sp³-hybridized carbons (Fsp3) is 0.357. The standard InChI is InChI=1S/C28H33N3O5/c1-3-34-16-8-15-30(28(33)23-12-13-25-26(17-23)36-21-35-25)20-27(32)31(18-22-9-5-4-6-10-22)19-24-11-7-14-29(24)2/h4-7,9-14,17H,3,8,15-16,18-21H2,1-2H3. The van der Waals surface area contributed by atoms with Crippen LogP contribution in [0.4, 0.5) is 0 Å². The molecule has 1 aliphatic rings. The number of aromatic nitrogens is 1. The first-order valence-corrected chi connectivity index (χ1v) is 12.2. The van der Waals surface area contributed by atoms with Crippen molar-refractivity contribution in [3.05, 3.63) is 83.7 Å². The average Bonchev–Trinajstić information content (AvgIpc) is 3.53. The van der Waals surface area contributed by atoms with E-state index in [-0.39, 0.29) is 25.2 Å². The lowest BCUT2D eigenvalue weighted by Gasteiger charge is -2.28. The fourth-order valence-electron chi connectivity index (χ4n) is 4.12. The van der Waals surface area contributed by atoms with Crippen LogP contribution in [-0.2, 0) is 29.7 Å². The van der Waals surface area contributed by atoms with Crippen molar-refractivity contribution in [1.29, 1.82) is 0 Å². The van der Waals surface area contributed by atoms with Crippen LogP contribution in [0.5, 0.6) is 11.5 Å². The highest BCUT2D eigenvalue weighted by Gasteiger charge is 2.25. The van der Waals surface area contributed by atoms with E-state index >= 15 is 0 Å². The maximum atomic E-state index is 13.7. The second-order valence-corrected chi connectivity index (χ2v) is 8.69. The van der Waals surface area contributed by atoms with Crippen LogP contribution in [0.15, 0.2) is 66.9 Å². The van der Waals surface area contributed by atoms with Gasteiger partial charge in [0.2, 0.25) is 12.7 Å². The highest BCUT2D eigenvalue weighted by Crippen LogP contribution is 2.32. The third kappa shape index (κ3) is 6.46. The zero-order valence-corrected chi connectivity index (χ0v) is 20.9. The van der Waals surface area contributed by atoms with E-state index in [1.54, 1.807) is 28.0 Å². The molecule has 1 aromatic heterocycles. The molecule has 4 rings (SSSR count). The lowest BCUT2D eigenvalue weighted by atomic mass is 10.1. The van der Waals surface area contributed by atoms with E-state index in [1.807, 2.05) is 67.2 Å². The summed E-state index contributed by atoms with van der Waals surface area (Å²) in [6.45, 7) is 4.47. The molecule has 2 heterocycles. The first-order valence-electron chi connectivity index (χ1n) is 12.2. The molecule has 1 aliphatic heterocycles. The summed E-state index contributed by atoms with van der Waals surface area (Å²) in [4.78, 5) is 30.6. The van der Waals surface area contributed by atoms with Gasteiger partial charge in [-0.2, -0.15) is 0 Å². The van der Waals surface area contributed by atoms with Crippen LogP contribution < -0.4 is 9.47 Å². The van der Waals surface area contributed by atoms with Crippen molar-refractivity contribution in [1.82, 2.24) is 14.4 Å². The first-order chi connectivity index (χ1) is 17.5. The summed E-state index contributed by atoms with van der Waals surface area (Å²) >= 11 is 0. The Morgan fingerprint density at radius 3 is 2.53 bits per heavy atom. The topological polar surface area (TPSA) is 73.2 Å². The summed E-state index contributed by atoms with van der Waals surface area (Å²) in [6, 6.07) is 19.0. The number of carbonyl (C=O) groups excluding carboxylic acids is 2. The molecule has 3 aromatic rings. The van der Waals surface area contributed by atoms with Gasteiger partial charge in [0.15, 0.2) is 11.5 Å². The van der Waals surface area contributed by atoms with E-state index in [4.69, 9.17) is 14.2 Å². The van der Waals surface area contributed by atoms with Gasteiger partial charge in [0, 0.05) is 50.8 Å². The molecular formula is C28H33N3O5. The highest BCUT2D eigenvalue weighted by molar-refractivity contribution is 5.97. The molecule has 0 bridgehead atoms. The minimum atomic E-state index is -0.225. The van der Waals surface area contributed by atoms with Gasteiger partial charge in [0.25, 0.3) is 5.91 Å². The summed E-state index contributed by atoms with van der Waals surface area (Å²) in [5, 5.41) is 0. The van der Waals surface area contributed by atoms with Crippen molar-refractivity contribution < 1.29 is 23.8 Å². The van der Waals surface area contributed by atoms with Gasteiger partial charge in [-0.25, -0.2) is 0 Å². The molecule has 0 unspecified atom stereocenters. The van der Waals surface area contributed by atoms with Gasteiger partial charge >= 0.3 is 0 Å².